The summed E-state index contributed by atoms with van der Waals surface area (Å²) in [5.74, 6) is -0.309. The number of carbonyl (C=O) groups is 2. The summed E-state index contributed by atoms with van der Waals surface area (Å²) in [6.45, 7) is 2.97. The molecule has 1 heterocycles. The number of aryl methyl sites for hydroxylation is 1. The Kier molecular flexibility index (Phi) is 5.39. The number of aromatic nitrogens is 1. The van der Waals surface area contributed by atoms with Gasteiger partial charge in [0.2, 0.25) is 5.91 Å². The lowest BCUT2D eigenvalue weighted by Gasteiger charge is -2.17. The van der Waals surface area contributed by atoms with Crippen LogP contribution in [0.25, 0.3) is 21.8 Å². The highest BCUT2D eigenvalue weighted by Gasteiger charge is 2.21. The van der Waals surface area contributed by atoms with Crippen LogP contribution in [0.2, 0.25) is 0 Å². The average molecular weight is 400 g/mol. The van der Waals surface area contributed by atoms with E-state index >= 15 is 0 Å². The van der Waals surface area contributed by atoms with Crippen molar-refractivity contribution < 1.29 is 9.59 Å². The first-order chi connectivity index (χ1) is 14.6. The van der Waals surface area contributed by atoms with Crippen molar-refractivity contribution in [3.63, 3.8) is 0 Å². The fraction of sp³-hybridized carbons (Fsp3) is 0.167. The number of urea groups is 1. The molecule has 4 N–H and O–H groups in total. The number of hydrogen-bond acceptors (Lipinski definition) is 2. The summed E-state index contributed by atoms with van der Waals surface area (Å²) in [7, 11) is 0. The number of nitrogens with zero attached hydrogens (tertiary/aromatic N) is 1. The number of hydrogen-bond donors (Lipinski definition) is 3. The zero-order valence-electron chi connectivity index (χ0n) is 16.8. The van der Waals surface area contributed by atoms with Gasteiger partial charge in [-0.3, -0.25) is 4.79 Å². The van der Waals surface area contributed by atoms with Crippen molar-refractivity contribution in [2.45, 2.75) is 25.9 Å². The van der Waals surface area contributed by atoms with E-state index in [0.717, 1.165) is 33.9 Å². The minimum absolute atomic E-state index is 0.309. The Labute approximate surface area is 174 Å². The van der Waals surface area contributed by atoms with Crippen LogP contribution in [0, 0.1) is 0 Å². The maximum absolute atomic E-state index is 12.9. The average Bonchev–Trinajstić information content (AvgIpc) is 3.07. The largest absolute Gasteiger partial charge is 0.352 e. The summed E-state index contributed by atoms with van der Waals surface area (Å²) < 4.78 is 2.25. The van der Waals surface area contributed by atoms with Gasteiger partial charge in [0.15, 0.2) is 0 Å². The normalized spacial score (nSPS) is 12.0. The lowest BCUT2D eigenvalue weighted by molar-refractivity contribution is -0.117. The van der Waals surface area contributed by atoms with E-state index in [1.807, 2.05) is 60.7 Å². The number of benzene rings is 3. The maximum atomic E-state index is 12.9. The number of amides is 3. The summed E-state index contributed by atoms with van der Waals surface area (Å²) in [6.07, 6.45) is 0.354. The lowest BCUT2D eigenvalue weighted by atomic mass is 10.1. The first-order valence-corrected chi connectivity index (χ1v) is 9.98. The van der Waals surface area contributed by atoms with Gasteiger partial charge in [-0.2, -0.15) is 0 Å². The molecule has 0 aliphatic heterocycles. The van der Waals surface area contributed by atoms with Crippen molar-refractivity contribution in [3.05, 3.63) is 78.4 Å². The molecule has 0 saturated heterocycles. The van der Waals surface area contributed by atoms with Crippen LogP contribution >= 0.6 is 0 Å². The van der Waals surface area contributed by atoms with Crippen LogP contribution in [0.3, 0.4) is 0 Å². The summed E-state index contributed by atoms with van der Waals surface area (Å²) in [4.78, 5) is 24.4. The number of fused-ring (bicyclic) bond motifs is 3. The molecule has 6 nitrogen and oxygen atoms in total. The van der Waals surface area contributed by atoms with Crippen LogP contribution in [0.4, 0.5) is 10.5 Å². The van der Waals surface area contributed by atoms with Crippen LogP contribution in [-0.4, -0.2) is 22.5 Å². The van der Waals surface area contributed by atoms with E-state index in [4.69, 9.17) is 5.73 Å². The second kappa shape index (κ2) is 8.29. The summed E-state index contributed by atoms with van der Waals surface area (Å²) in [5.41, 5.74) is 9.20. The first-order valence-electron chi connectivity index (χ1n) is 9.98. The van der Waals surface area contributed by atoms with Gasteiger partial charge in [-0.1, -0.05) is 48.5 Å². The molecule has 1 aromatic heterocycles. The Balaban J connectivity index is 1.63. The van der Waals surface area contributed by atoms with Gasteiger partial charge in [-0.05, 0) is 36.8 Å². The topological polar surface area (TPSA) is 89.2 Å². The molecule has 3 aromatic carbocycles. The van der Waals surface area contributed by atoms with Crippen molar-refractivity contribution in [1.82, 2.24) is 9.88 Å². The molecule has 0 spiro atoms. The van der Waals surface area contributed by atoms with E-state index in [-0.39, 0.29) is 5.91 Å². The Morgan fingerprint density at radius 3 is 2.37 bits per heavy atom. The Hall–Kier alpha value is -3.80. The van der Waals surface area contributed by atoms with E-state index in [1.54, 1.807) is 0 Å². The monoisotopic (exact) mass is 400 g/mol. The van der Waals surface area contributed by atoms with Gasteiger partial charge in [0.05, 0.1) is 0 Å². The molecule has 30 heavy (non-hydrogen) atoms. The molecule has 3 amide bonds. The van der Waals surface area contributed by atoms with Crippen LogP contribution in [0.15, 0.2) is 72.8 Å². The molecule has 1 unspecified atom stereocenters. The lowest BCUT2D eigenvalue weighted by Crippen LogP contribution is -2.47. The Morgan fingerprint density at radius 1 is 0.933 bits per heavy atom. The highest BCUT2D eigenvalue weighted by Crippen LogP contribution is 2.31. The second-order valence-electron chi connectivity index (χ2n) is 7.23. The standard InChI is InChI=1S/C24H24N4O2/c1-2-28-21-11-7-6-10-18(21)19-15-17(12-13-22(19)28)26-23(29)20(27-24(25)30)14-16-8-4-3-5-9-16/h3-13,15,20H,2,14H2,1H3,(H,26,29)(H3,25,27,30). The predicted molar refractivity (Wildman–Crippen MR) is 120 cm³/mol. The fourth-order valence-electron chi connectivity index (χ4n) is 3.93. The summed E-state index contributed by atoms with van der Waals surface area (Å²) in [6, 6.07) is 22.1. The minimum atomic E-state index is -0.766. The third-order valence-corrected chi connectivity index (χ3v) is 5.27. The Morgan fingerprint density at radius 2 is 1.63 bits per heavy atom. The summed E-state index contributed by atoms with van der Waals surface area (Å²) >= 11 is 0. The zero-order chi connectivity index (χ0) is 21.1. The van der Waals surface area contributed by atoms with E-state index in [0.29, 0.717) is 12.1 Å². The van der Waals surface area contributed by atoms with Gasteiger partial charge in [0.25, 0.3) is 0 Å². The molecule has 0 saturated carbocycles. The van der Waals surface area contributed by atoms with Crippen molar-refractivity contribution in [2.24, 2.45) is 5.73 Å². The minimum Gasteiger partial charge on any atom is -0.352 e. The second-order valence-corrected chi connectivity index (χ2v) is 7.23. The van der Waals surface area contributed by atoms with E-state index < -0.39 is 12.1 Å². The van der Waals surface area contributed by atoms with E-state index in [9.17, 15) is 9.59 Å². The van der Waals surface area contributed by atoms with Crippen LogP contribution < -0.4 is 16.4 Å². The Bertz CT molecular complexity index is 1210. The maximum Gasteiger partial charge on any atom is 0.312 e. The SMILES string of the molecule is CCn1c2ccccc2c2cc(NC(=O)C(Cc3ccccc3)NC(N)=O)ccc21. The number of nitrogens with two attached hydrogens (primary N) is 1. The van der Waals surface area contributed by atoms with Gasteiger partial charge in [-0.15, -0.1) is 0 Å². The van der Waals surface area contributed by atoms with Gasteiger partial charge in [0, 0.05) is 40.5 Å². The number of carbonyl (C=O) groups excluding carboxylic acids is 2. The van der Waals surface area contributed by atoms with E-state index in [1.165, 1.54) is 0 Å². The molecule has 4 aromatic rings. The highest BCUT2D eigenvalue weighted by atomic mass is 16.2. The van der Waals surface area contributed by atoms with Crippen LogP contribution in [-0.2, 0) is 17.8 Å². The number of nitrogens with one attached hydrogen (secondary N) is 2. The number of anilines is 1. The molecule has 0 aliphatic carbocycles. The number of primary amides is 1. The third-order valence-electron chi connectivity index (χ3n) is 5.27. The van der Waals surface area contributed by atoms with Gasteiger partial charge >= 0.3 is 6.03 Å². The molecular weight excluding hydrogens is 376 g/mol. The van der Waals surface area contributed by atoms with E-state index in [2.05, 4.69) is 34.3 Å². The van der Waals surface area contributed by atoms with Crippen LogP contribution in [0.5, 0.6) is 0 Å². The molecule has 1 atom stereocenters. The number of para-hydroxylation sites is 1. The molecule has 0 aliphatic rings. The molecule has 6 heteroatoms. The van der Waals surface area contributed by atoms with Crippen molar-refractivity contribution in [1.29, 1.82) is 0 Å². The van der Waals surface area contributed by atoms with Crippen molar-refractivity contribution >= 4 is 39.4 Å². The predicted octanol–water partition coefficient (Wildman–Crippen LogP) is 4.03. The molecule has 0 radical (unpaired) electrons. The fourth-order valence-corrected chi connectivity index (χ4v) is 3.93. The summed E-state index contributed by atoms with van der Waals surface area (Å²) in [5, 5.41) is 7.70. The van der Waals surface area contributed by atoms with Crippen molar-refractivity contribution in [3.8, 4) is 0 Å². The van der Waals surface area contributed by atoms with Gasteiger partial charge in [0.1, 0.15) is 6.04 Å². The van der Waals surface area contributed by atoms with Gasteiger partial charge < -0.3 is 20.9 Å². The molecule has 152 valence electrons. The third kappa shape index (κ3) is 3.85. The molecule has 4 rings (SSSR count). The molecular formula is C24H24N4O2. The zero-order valence-corrected chi connectivity index (χ0v) is 16.8. The first kappa shape index (κ1) is 19.5. The smallest absolute Gasteiger partial charge is 0.312 e. The van der Waals surface area contributed by atoms with Crippen LogP contribution in [0.1, 0.15) is 12.5 Å². The quantitative estimate of drug-likeness (QED) is 0.456. The van der Waals surface area contributed by atoms with Crippen molar-refractivity contribution in [2.75, 3.05) is 5.32 Å². The molecule has 0 fully saturated rings. The number of rotatable bonds is 6. The molecule has 0 bridgehead atoms. The highest BCUT2D eigenvalue weighted by molar-refractivity contribution is 6.10. The van der Waals surface area contributed by atoms with Gasteiger partial charge in [-0.25, -0.2) is 4.79 Å².